The molecule has 0 N–H and O–H groups in total. The fourth-order valence-corrected chi connectivity index (χ4v) is 1.66. The van der Waals surface area contributed by atoms with Crippen molar-refractivity contribution in [3.8, 4) is 0 Å². The van der Waals surface area contributed by atoms with Crippen molar-refractivity contribution < 1.29 is 4.79 Å². The molecule has 0 heterocycles. The summed E-state index contributed by atoms with van der Waals surface area (Å²) in [6.07, 6.45) is 0. The molecule has 0 aliphatic rings. The maximum atomic E-state index is 11.4. The zero-order chi connectivity index (χ0) is 11.4. The molecule has 1 rings (SSSR count). The van der Waals surface area contributed by atoms with Crippen LogP contribution in [0.5, 0.6) is 0 Å². The number of rotatable bonds is 3. The molecule has 0 atom stereocenters. The van der Waals surface area contributed by atoms with Crippen molar-refractivity contribution in [2.24, 2.45) is 0 Å². The van der Waals surface area contributed by atoms with Gasteiger partial charge < -0.3 is 4.90 Å². The van der Waals surface area contributed by atoms with Gasteiger partial charge in [-0.3, -0.25) is 4.79 Å². The minimum absolute atomic E-state index is 0.335. The second kappa shape index (κ2) is 5.59. The molecule has 0 aromatic heterocycles. The zero-order valence-corrected chi connectivity index (χ0v) is 10.4. The number of nitrogens with zero attached hydrogens (tertiary/aromatic N) is 1. The molecule has 82 valence electrons. The molecule has 0 unspecified atom stereocenters. The molecule has 0 radical (unpaired) electrons. The van der Waals surface area contributed by atoms with Gasteiger partial charge in [-0.2, -0.15) is 0 Å². The molecule has 0 fully saturated rings. The Labute approximate surface area is 104 Å². The van der Waals surface area contributed by atoms with Crippen LogP contribution in [0, 0.1) is 0 Å². The van der Waals surface area contributed by atoms with E-state index in [1.807, 2.05) is 18.2 Å². The van der Waals surface area contributed by atoms with Gasteiger partial charge in [0.05, 0.1) is 0 Å². The fourth-order valence-electron chi connectivity index (χ4n) is 1.13. The number of halogens is 3. The summed E-state index contributed by atoms with van der Waals surface area (Å²) < 4.78 is 0. The summed E-state index contributed by atoms with van der Waals surface area (Å²) in [5, 5.41) is 0.623. The van der Waals surface area contributed by atoms with E-state index in [9.17, 15) is 4.79 Å². The van der Waals surface area contributed by atoms with Gasteiger partial charge in [-0.1, -0.05) is 53.0 Å². The van der Waals surface area contributed by atoms with Crippen molar-refractivity contribution in [1.29, 1.82) is 0 Å². The van der Waals surface area contributed by atoms with E-state index in [1.54, 1.807) is 13.1 Å². The van der Waals surface area contributed by atoms with Gasteiger partial charge in [-0.05, 0) is 11.6 Å². The van der Waals surface area contributed by atoms with E-state index in [-0.39, 0.29) is 5.91 Å². The topological polar surface area (TPSA) is 20.3 Å². The van der Waals surface area contributed by atoms with Crippen molar-refractivity contribution in [3.05, 3.63) is 34.9 Å². The van der Waals surface area contributed by atoms with Gasteiger partial charge in [0.1, 0.15) is 0 Å². The first kappa shape index (κ1) is 12.6. The lowest BCUT2D eigenvalue weighted by molar-refractivity contribution is -0.128. The normalized spacial score (nSPS) is 10.5. The zero-order valence-electron chi connectivity index (χ0n) is 8.08. The molecule has 0 aliphatic carbocycles. The van der Waals surface area contributed by atoms with Crippen molar-refractivity contribution in [2.45, 2.75) is 11.4 Å². The van der Waals surface area contributed by atoms with Crippen LogP contribution in [0.4, 0.5) is 0 Å². The third kappa shape index (κ3) is 3.56. The highest BCUT2D eigenvalue weighted by Gasteiger charge is 2.17. The van der Waals surface area contributed by atoms with Crippen LogP contribution in [0.1, 0.15) is 5.56 Å². The van der Waals surface area contributed by atoms with E-state index in [2.05, 4.69) is 0 Å². The van der Waals surface area contributed by atoms with E-state index in [1.165, 1.54) is 4.90 Å². The number of carbonyl (C=O) groups excluding carboxylic acids is 1. The van der Waals surface area contributed by atoms with E-state index in [0.717, 1.165) is 5.56 Å². The Balaban J connectivity index is 2.71. The summed E-state index contributed by atoms with van der Waals surface area (Å²) in [6, 6.07) is 7.32. The second-order valence-corrected chi connectivity index (χ2v) is 4.59. The van der Waals surface area contributed by atoms with Gasteiger partial charge in [0.2, 0.25) is 0 Å². The lowest BCUT2D eigenvalue weighted by Gasteiger charge is -2.18. The average molecular weight is 267 g/mol. The van der Waals surface area contributed by atoms with Crippen molar-refractivity contribution in [1.82, 2.24) is 4.90 Å². The predicted molar refractivity (Wildman–Crippen MR) is 63.4 cm³/mol. The van der Waals surface area contributed by atoms with Crippen LogP contribution in [0.25, 0.3) is 0 Å². The predicted octanol–water partition coefficient (Wildman–Crippen LogP) is 3.10. The number of benzene rings is 1. The summed E-state index contributed by atoms with van der Waals surface area (Å²) in [6.45, 7) is 0.397. The SMILES string of the molecule is CN(Cc1ccccc1Cl)C(=O)C(Cl)Cl. The molecule has 0 bridgehead atoms. The minimum Gasteiger partial charge on any atom is -0.339 e. The quantitative estimate of drug-likeness (QED) is 0.770. The fraction of sp³-hybridized carbons (Fsp3) is 0.300. The van der Waals surface area contributed by atoms with Crippen LogP contribution < -0.4 is 0 Å². The maximum absolute atomic E-state index is 11.4. The Morgan fingerprint density at radius 3 is 2.53 bits per heavy atom. The molecule has 5 heteroatoms. The molecule has 0 saturated carbocycles. The van der Waals surface area contributed by atoms with Gasteiger partial charge in [0.15, 0.2) is 4.84 Å². The molecule has 0 spiro atoms. The summed E-state index contributed by atoms with van der Waals surface area (Å²) >= 11 is 16.9. The first-order chi connectivity index (χ1) is 7.02. The van der Waals surface area contributed by atoms with Crippen LogP contribution >= 0.6 is 34.8 Å². The number of amides is 1. The van der Waals surface area contributed by atoms with Crippen LogP contribution in [-0.2, 0) is 11.3 Å². The summed E-state index contributed by atoms with van der Waals surface area (Å²) in [5.74, 6) is -0.335. The Kier molecular flexibility index (Phi) is 4.71. The number of carbonyl (C=O) groups is 1. The van der Waals surface area contributed by atoms with Crippen molar-refractivity contribution in [3.63, 3.8) is 0 Å². The molecule has 1 aromatic rings. The van der Waals surface area contributed by atoms with Gasteiger partial charge in [0, 0.05) is 18.6 Å². The van der Waals surface area contributed by atoms with Crippen molar-refractivity contribution >= 4 is 40.7 Å². The standard InChI is InChI=1S/C10H10Cl3NO/c1-14(10(15)9(12)13)6-7-4-2-3-5-8(7)11/h2-5,9H,6H2,1H3. The second-order valence-electron chi connectivity index (χ2n) is 3.09. The van der Waals surface area contributed by atoms with E-state index < -0.39 is 4.84 Å². The average Bonchev–Trinajstić information content (AvgIpc) is 2.20. The minimum atomic E-state index is -1.03. The molecule has 2 nitrogen and oxygen atoms in total. The first-order valence-electron chi connectivity index (χ1n) is 4.29. The van der Waals surface area contributed by atoms with Gasteiger partial charge in [-0.25, -0.2) is 0 Å². The van der Waals surface area contributed by atoms with Crippen LogP contribution in [0.15, 0.2) is 24.3 Å². The smallest absolute Gasteiger partial charge is 0.255 e. The van der Waals surface area contributed by atoms with E-state index in [4.69, 9.17) is 34.8 Å². The van der Waals surface area contributed by atoms with E-state index >= 15 is 0 Å². The third-order valence-corrected chi connectivity index (χ3v) is 2.67. The summed E-state index contributed by atoms with van der Waals surface area (Å²) in [7, 11) is 1.63. The molecule has 1 aromatic carbocycles. The monoisotopic (exact) mass is 265 g/mol. The Morgan fingerprint density at radius 1 is 1.40 bits per heavy atom. The van der Waals surface area contributed by atoms with Crippen LogP contribution in [0.3, 0.4) is 0 Å². The maximum Gasteiger partial charge on any atom is 0.255 e. The summed E-state index contributed by atoms with van der Waals surface area (Å²) in [5.41, 5.74) is 0.865. The lowest BCUT2D eigenvalue weighted by atomic mass is 10.2. The highest BCUT2D eigenvalue weighted by molar-refractivity contribution is 6.53. The number of hydrogen-bond donors (Lipinski definition) is 0. The van der Waals surface area contributed by atoms with Gasteiger partial charge in [0.25, 0.3) is 5.91 Å². The Morgan fingerprint density at radius 2 is 2.00 bits per heavy atom. The molecular formula is C10H10Cl3NO. The van der Waals surface area contributed by atoms with Crippen LogP contribution in [-0.4, -0.2) is 22.7 Å². The Bertz CT molecular complexity index is 354. The van der Waals surface area contributed by atoms with Crippen LogP contribution in [0.2, 0.25) is 5.02 Å². The lowest BCUT2D eigenvalue weighted by Crippen LogP contribution is -2.30. The first-order valence-corrected chi connectivity index (χ1v) is 5.54. The third-order valence-electron chi connectivity index (χ3n) is 1.93. The highest BCUT2D eigenvalue weighted by Crippen LogP contribution is 2.17. The number of hydrogen-bond acceptors (Lipinski definition) is 1. The highest BCUT2D eigenvalue weighted by atomic mass is 35.5. The molecule has 0 aliphatic heterocycles. The van der Waals surface area contributed by atoms with Gasteiger partial charge >= 0.3 is 0 Å². The molecular weight excluding hydrogens is 256 g/mol. The van der Waals surface area contributed by atoms with Crippen molar-refractivity contribution in [2.75, 3.05) is 7.05 Å². The molecule has 15 heavy (non-hydrogen) atoms. The Hall–Kier alpha value is -0.440. The van der Waals surface area contributed by atoms with E-state index in [0.29, 0.717) is 11.6 Å². The number of alkyl halides is 2. The van der Waals surface area contributed by atoms with Gasteiger partial charge in [-0.15, -0.1) is 0 Å². The molecule has 1 amide bonds. The summed E-state index contributed by atoms with van der Waals surface area (Å²) in [4.78, 5) is 11.8. The largest absolute Gasteiger partial charge is 0.339 e. The molecule has 0 saturated heterocycles.